The van der Waals surface area contributed by atoms with Crippen LogP contribution in [0.15, 0.2) is 76.4 Å². The van der Waals surface area contributed by atoms with Gasteiger partial charge in [0.05, 0.1) is 5.69 Å². The third kappa shape index (κ3) is 2.24. The molecule has 3 heteroatoms. The smallest absolute Gasteiger partial charge is 0.0606 e. The van der Waals surface area contributed by atoms with E-state index in [-0.39, 0.29) is 0 Å². The molecule has 0 amide bonds. The van der Waals surface area contributed by atoms with E-state index in [1.54, 1.807) is 22.7 Å². The summed E-state index contributed by atoms with van der Waals surface area (Å²) < 4.78 is 2.21. The van der Waals surface area contributed by atoms with E-state index in [1.807, 2.05) is 0 Å². The molecule has 0 radical (unpaired) electrons. The summed E-state index contributed by atoms with van der Waals surface area (Å²) in [5.41, 5.74) is 6.35. The van der Waals surface area contributed by atoms with Gasteiger partial charge in [-0.15, -0.1) is 0 Å². The minimum absolute atomic E-state index is 1.25. The second-order valence-corrected chi connectivity index (χ2v) is 6.38. The number of benzene rings is 1. The van der Waals surface area contributed by atoms with Gasteiger partial charge in [-0.1, -0.05) is 18.2 Å². The van der Waals surface area contributed by atoms with Crippen LogP contribution in [0.25, 0.3) is 27.9 Å². The molecule has 3 aromatic heterocycles. The van der Waals surface area contributed by atoms with Crippen molar-refractivity contribution in [3.05, 3.63) is 76.4 Å². The lowest BCUT2D eigenvalue weighted by Gasteiger charge is -2.15. The molecule has 0 aliphatic rings. The Hall–Kier alpha value is -2.10. The van der Waals surface area contributed by atoms with Gasteiger partial charge >= 0.3 is 0 Å². The van der Waals surface area contributed by atoms with Crippen molar-refractivity contribution in [3.8, 4) is 27.9 Å². The van der Waals surface area contributed by atoms with Crippen LogP contribution in [0.5, 0.6) is 0 Å². The molecule has 3 heterocycles. The maximum atomic E-state index is 2.21. The molecule has 4 aromatic rings. The van der Waals surface area contributed by atoms with Crippen LogP contribution < -0.4 is 0 Å². The highest BCUT2D eigenvalue weighted by Gasteiger charge is 2.13. The molecule has 0 spiro atoms. The van der Waals surface area contributed by atoms with Gasteiger partial charge in [-0.25, -0.2) is 0 Å². The molecular formula is C18H13NS2. The fourth-order valence-electron chi connectivity index (χ4n) is 2.61. The highest BCUT2D eigenvalue weighted by atomic mass is 32.1. The number of rotatable bonds is 3. The van der Waals surface area contributed by atoms with E-state index >= 15 is 0 Å². The molecule has 0 aliphatic heterocycles. The van der Waals surface area contributed by atoms with E-state index in [0.717, 1.165) is 0 Å². The van der Waals surface area contributed by atoms with Crippen molar-refractivity contribution in [3.63, 3.8) is 0 Å². The monoisotopic (exact) mass is 307 g/mol. The Kier molecular flexibility index (Phi) is 3.22. The predicted molar refractivity (Wildman–Crippen MR) is 92.4 cm³/mol. The zero-order valence-corrected chi connectivity index (χ0v) is 12.9. The zero-order chi connectivity index (χ0) is 14.1. The zero-order valence-electron chi connectivity index (χ0n) is 11.3. The average Bonchev–Trinajstić information content (AvgIpc) is 3.28. The van der Waals surface area contributed by atoms with Crippen LogP contribution in [0.1, 0.15) is 0 Å². The summed E-state index contributed by atoms with van der Waals surface area (Å²) >= 11 is 3.47. The number of aromatic nitrogens is 1. The molecular weight excluding hydrogens is 294 g/mol. The van der Waals surface area contributed by atoms with Crippen LogP contribution in [0.3, 0.4) is 0 Å². The van der Waals surface area contributed by atoms with E-state index in [0.29, 0.717) is 0 Å². The van der Waals surface area contributed by atoms with Gasteiger partial charge in [0.1, 0.15) is 0 Å². The maximum Gasteiger partial charge on any atom is 0.0606 e. The van der Waals surface area contributed by atoms with Crippen LogP contribution in [0, 0.1) is 0 Å². The van der Waals surface area contributed by atoms with Gasteiger partial charge in [0.15, 0.2) is 0 Å². The summed E-state index contributed by atoms with van der Waals surface area (Å²) in [5.74, 6) is 0. The highest BCUT2D eigenvalue weighted by molar-refractivity contribution is 7.08. The maximum absolute atomic E-state index is 2.21. The lowest BCUT2D eigenvalue weighted by Crippen LogP contribution is -1.96. The molecule has 21 heavy (non-hydrogen) atoms. The van der Waals surface area contributed by atoms with E-state index < -0.39 is 0 Å². The third-order valence-electron chi connectivity index (χ3n) is 3.56. The molecule has 0 atom stereocenters. The Bertz CT molecular complexity index is 773. The van der Waals surface area contributed by atoms with Gasteiger partial charge in [-0.05, 0) is 56.9 Å². The minimum atomic E-state index is 1.25. The van der Waals surface area contributed by atoms with Crippen LogP contribution in [0.2, 0.25) is 0 Å². The van der Waals surface area contributed by atoms with Crippen molar-refractivity contribution in [1.29, 1.82) is 0 Å². The summed E-state index contributed by atoms with van der Waals surface area (Å²) in [6, 6.07) is 15.1. The average molecular weight is 307 g/mol. The van der Waals surface area contributed by atoms with Gasteiger partial charge in [0, 0.05) is 23.5 Å². The molecule has 0 N–H and O–H groups in total. The van der Waals surface area contributed by atoms with Crippen molar-refractivity contribution in [2.75, 3.05) is 0 Å². The van der Waals surface area contributed by atoms with E-state index in [4.69, 9.17) is 0 Å². The van der Waals surface area contributed by atoms with Crippen LogP contribution in [-0.2, 0) is 0 Å². The van der Waals surface area contributed by atoms with Gasteiger partial charge in [0.2, 0.25) is 0 Å². The fourth-order valence-corrected chi connectivity index (χ4v) is 3.92. The first-order valence-electron chi connectivity index (χ1n) is 6.75. The number of nitrogens with zero attached hydrogens (tertiary/aromatic N) is 1. The Morgan fingerprint density at radius 2 is 1.24 bits per heavy atom. The van der Waals surface area contributed by atoms with Crippen molar-refractivity contribution < 1.29 is 0 Å². The van der Waals surface area contributed by atoms with Gasteiger partial charge < -0.3 is 4.57 Å². The molecule has 1 aromatic carbocycles. The summed E-state index contributed by atoms with van der Waals surface area (Å²) in [7, 11) is 0. The first-order chi connectivity index (χ1) is 10.4. The molecule has 102 valence electrons. The van der Waals surface area contributed by atoms with Gasteiger partial charge in [0.25, 0.3) is 0 Å². The number of para-hydroxylation sites is 1. The Morgan fingerprint density at radius 3 is 1.71 bits per heavy atom. The van der Waals surface area contributed by atoms with Crippen LogP contribution in [0.4, 0.5) is 0 Å². The van der Waals surface area contributed by atoms with E-state index in [9.17, 15) is 0 Å². The van der Waals surface area contributed by atoms with E-state index in [2.05, 4.69) is 80.9 Å². The molecule has 0 saturated carbocycles. The lowest BCUT2D eigenvalue weighted by atomic mass is 9.99. The predicted octanol–water partition coefficient (Wildman–Crippen LogP) is 5.93. The van der Waals surface area contributed by atoms with Crippen LogP contribution >= 0.6 is 22.7 Å². The number of hydrogen-bond acceptors (Lipinski definition) is 2. The van der Waals surface area contributed by atoms with Crippen molar-refractivity contribution in [1.82, 2.24) is 4.57 Å². The van der Waals surface area contributed by atoms with Crippen molar-refractivity contribution >= 4 is 22.7 Å². The molecule has 0 fully saturated rings. The summed E-state index contributed by atoms with van der Waals surface area (Å²) in [5, 5.41) is 8.68. The topological polar surface area (TPSA) is 4.93 Å². The molecule has 1 nitrogen and oxygen atoms in total. The van der Waals surface area contributed by atoms with Crippen molar-refractivity contribution in [2.24, 2.45) is 0 Å². The van der Waals surface area contributed by atoms with Gasteiger partial charge in [-0.3, -0.25) is 0 Å². The fraction of sp³-hybridized carbons (Fsp3) is 0. The first-order valence-corrected chi connectivity index (χ1v) is 8.63. The van der Waals surface area contributed by atoms with Gasteiger partial charge in [-0.2, -0.15) is 22.7 Å². The normalized spacial score (nSPS) is 10.9. The third-order valence-corrected chi connectivity index (χ3v) is 4.93. The van der Waals surface area contributed by atoms with Crippen molar-refractivity contribution in [2.45, 2.75) is 0 Å². The second kappa shape index (κ2) is 5.35. The highest BCUT2D eigenvalue weighted by Crippen LogP contribution is 2.36. The number of thiophene rings is 2. The Balaban J connectivity index is 2.03. The minimum Gasteiger partial charge on any atom is -0.323 e. The molecule has 0 saturated heterocycles. The standard InChI is InChI=1S/C18H13NS2/c1-2-9-19(8-1)18-16(14-6-10-20-12-14)4-3-5-17(18)15-7-11-21-13-15/h1-13H. The van der Waals surface area contributed by atoms with E-state index in [1.165, 1.54) is 27.9 Å². The first kappa shape index (κ1) is 12.6. The molecule has 0 unspecified atom stereocenters. The Labute approximate surface area is 131 Å². The largest absolute Gasteiger partial charge is 0.323 e. The lowest BCUT2D eigenvalue weighted by molar-refractivity contribution is 1.09. The SMILES string of the molecule is c1cc(-c2ccsc2)c(-n2cccc2)c(-c2ccsc2)c1. The quantitative estimate of drug-likeness (QED) is 0.442. The summed E-state index contributed by atoms with van der Waals surface area (Å²) in [6.45, 7) is 0. The summed E-state index contributed by atoms with van der Waals surface area (Å²) in [4.78, 5) is 0. The number of hydrogen-bond donors (Lipinski definition) is 0. The summed E-state index contributed by atoms with van der Waals surface area (Å²) in [6.07, 6.45) is 4.22. The van der Waals surface area contributed by atoms with Crippen LogP contribution in [-0.4, -0.2) is 4.57 Å². The molecule has 0 bridgehead atoms. The molecule has 0 aliphatic carbocycles. The second-order valence-electron chi connectivity index (χ2n) is 4.82. The Morgan fingerprint density at radius 1 is 0.667 bits per heavy atom. The molecule has 4 rings (SSSR count).